The highest BCUT2D eigenvalue weighted by atomic mass is 19.1. The molecule has 0 amide bonds. The first kappa shape index (κ1) is 12.3. The van der Waals surface area contributed by atoms with Crippen LogP contribution in [0.3, 0.4) is 0 Å². The van der Waals surface area contributed by atoms with Crippen LogP contribution in [0.15, 0.2) is 12.1 Å². The van der Waals surface area contributed by atoms with Gasteiger partial charge in [-0.05, 0) is 6.92 Å². The molecule has 0 unspecified atom stereocenters. The zero-order valence-corrected chi connectivity index (χ0v) is 8.61. The summed E-state index contributed by atoms with van der Waals surface area (Å²) >= 11 is 0. The van der Waals surface area contributed by atoms with Crippen molar-refractivity contribution in [3.05, 3.63) is 35.1 Å². The molecule has 0 aliphatic carbocycles. The number of carbonyl (C=O) groups is 1. The second-order valence-corrected chi connectivity index (χ2v) is 3.09. The van der Waals surface area contributed by atoms with Crippen LogP contribution in [-0.2, 0) is 0 Å². The molecule has 0 spiro atoms. The number of benzene rings is 1. The Morgan fingerprint density at radius 3 is 2.31 bits per heavy atom. The van der Waals surface area contributed by atoms with Gasteiger partial charge in [-0.25, -0.2) is 13.2 Å². The number of ketones is 1. The summed E-state index contributed by atoms with van der Waals surface area (Å²) in [5, 5.41) is 0. The van der Waals surface area contributed by atoms with Crippen LogP contribution in [0.1, 0.15) is 30.1 Å². The summed E-state index contributed by atoms with van der Waals surface area (Å²) in [5.74, 6) is 1.07. The van der Waals surface area contributed by atoms with Gasteiger partial charge < -0.3 is 0 Å². The van der Waals surface area contributed by atoms with E-state index in [9.17, 15) is 18.0 Å². The van der Waals surface area contributed by atoms with Gasteiger partial charge >= 0.3 is 0 Å². The maximum absolute atomic E-state index is 13.1. The third-order valence-corrected chi connectivity index (χ3v) is 1.94. The zero-order valence-electron chi connectivity index (χ0n) is 8.61. The number of hydrogen-bond donors (Lipinski definition) is 0. The van der Waals surface area contributed by atoms with Gasteiger partial charge in [0.05, 0.1) is 5.56 Å². The molecule has 16 heavy (non-hydrogen) atoms. The third kappa shape index (κ3) is 2.86. The predicted octanol–water partition coefficient (Wildman–Crippen LogP) is 3.09. The minimum Gasteiger partial charge on any atom is -0.294 e. The van der Waals surface area contributed by atoms with Gasteiger partial charge in [-0.1, -0.05) is 0 Å². The van der Waals surface area contributed by atoms with Crippen molar-refractivity contribution in [3.8, 4) is 11.8 Å². The van der Waals surface area contributed by atoms with Crippen molar-refractivity contribution in [3.63, 3.8) is 0 Å². The van der Waals surface area contributed by atoms with Crippen LogP contribution in [-0.4, -0.2) is 5.78 Å². The highest BCUT2D eigenvalue weighted by Crippen LogP contribution is 2.17. The summed E-state index contributed by atoms with van der Waals surface area (Å²) in [6, 6.07) is 0.976. The van der Waals surface area contributed by atoms with Gasteiger partial charge in [0.25, 0.3) is 0 Å². The molecule has 0 aliphatic rings. The normalized spacial score (nSPS) is 9.50. The van der Waals surface area contributed by atoms with Gasteiger partial charge in [0.15, 0.2) is 5.78 Å². The first-order valence-electron chi connectivity index (χ1n) is 4.63. The number of carbonyl (C=O) groups excluding carboxylic acids is 1. The molecule has 1 aromatic carbocycles. The lowest BCUT2D eigenvalue weighted by atomic mass is 10.1. The quantitative estimate of drug-likeness (QED) is 0.571. The molecule has 0 aromatic heterocycles. The molecule has 1 nitrogen and oxygen atoms in total. The molecule has 0 atom stereocenters. The van der Waals surface area contributed by atoms with E-state index >= 15 is 0 Å². The first-order chi connectivity index (χ1) is 7.56. The maximum atomic E-state index is 13.1. The molecular weight excluding hydrogens is 217 g/mol. The van der Waals surface area contributed by atoms with E-state index in [1.54, 1.807) is 6.92 Å². The molecule has 0 saturated carbocycles. The number of hydrogen-bond acceptors (Lipinski definition) is 1. The summed E-state index contributed by atoms with van der Waals surface area (Å²) in [7, 11) is 0. The van der Waals surface area contributed by atoms with Gasteiger partial charge in [0, 0.05) is 25.0 Å². The van der Waals surface area contributed by atoms with Gasteiger partial charge in [-0.3, -0.25) is 4.79 Å². The molecule has 0 bridgehead atoms. The molecule has 0 heterocycles. The standard InChI is InChI=1S/C12H9F3O/c1-2-3-4-5-11(16)12-9(14)6-8(13)7-10(12)15/h6-7H,4-5H2,1H3. The summed E-state index contributed by atoms with van der Waals surface area (Å²) in [4.78, 5) is 11.4. The van der Waals surface area contributed by atoms with E-state index in [2.05, 4.69) is 11.8 Å². The van der Waals surface area contributed by atoms with Crippen LogP contribution >= 0.6 is 0 Å². The SMILES string of the molecule is CC#CCCC(=O)c1c(F)cc(F)cc1F. The Labute approximate surface area is 91.3 Å². The summed E-state index contributed by atoms with van der Waals surface area (Å²) in [5.41, 5.74) is -0.695. The van der Waals surface area contributed by atoms with E-state index in [0.717, 1.165) is 0 Å². The van der Waals surface area contributed by atoms with Crippen molar-refractivity contribution < 1.29 is 18.0 Å². The van der Waals surface area contributed by atoms with E-state index in [-0.39, 0.29) is 12.8 Å². The number of Topliss-reactive ketones (excluding diaryl/α,β-unsaturated/α-hetero) is 1. The van der Waals surface area contributed by atoms with E-state index in [4.69, 9.17) is 0 Å². The summed E-state index contributed by atoms with van der Waals surface area (Å²) in [6.45, 7) is 1.60. The van der Waals surface area contributed by atoms with E-state index < -0.39 is 28.8 Å². The molecule has 0 fully saturated rings. The number of halogens is 3. The Hall–Kier alpha value is -1.76. The van der Waals surface area contributed by atoms with E-state index in [1.807, 2.05) is 0 Å². The molecule has 0 saturated heterocycles. The molecule has 0 radical (unpaired) electrons. The largest absolute Gasteiger partial charge is 0.294 e. The predicted molar refractivity (Wildman–Crippen MR) is 53.3 cm³/mol. The molecule has 1 rings (SSSR count). The monoisotopic (exact) mass is 226 g/mol. The Morgan fingerprint density at radius 2 is 1.81 bits per heavy atom. The molecular formula is C12H9F3O. The molecule has 0 N–H and O–H groups in total. The topological polar surface area (TPSA) is 17.1 Å². The van der Waals surface area contributed by atoms with Crippen molar-refractivity contribution in [1.29, 1.82) is 0 Å². The van der Waals surface area contributed by atoms with Crippen molar-refractivity contribution in [2.75, 3.05) is 0 Å². The second-order valence-electron chi connectivity index (χ2n) is 3.09. The highest BCUT2D eigenvalue weighted by Gasteiger charge is 2.17. The molecule has 84 valence electrons. The average molecular weight is 226 g/mol. The summed E-state index contributed by atoms with van der Waals surface area (Å²) in [6.07, 6.45) is 0.145. The first-order valence-corrected chi connectivity index (χ1v) is 4.63. The maximum Gasteiger partial charge on any atom is 0.169 e. The van der Waals surface area contributed by atoms with Gasteiger partial charge in [-0.2, -0.15) is 0 Å². The highest BCUT2D eigenvalue weighted by molar-refractivity contribution is 5.96. The van der Waals surface area contributed by atoms with Gasteiger partial charge in [-0.15, -0.1) is 11.8 Å². The van der Waals surface area contributed by atoms with E-state index in [1.165, 1.54) is 0 Å². The van der Waals surface area contributed by atoms with Crippen LogP contribution in [0, 0.1) is 29.3 Å². The minimum absolute atomic E-state index is 0.0830. The van der Waals surface area contributed by atoms with E-state index in [0.29, 0.717) is 12.1 Å². The van der Waals surface area contributed by atoms with Crippen LogP contribution in [0.5, 0.6) is 0 Å². The fraction of sp³-hybridized carbons (Fsp3) is 0.250. The van der Waals surface area contributed by atoms with Crippen molar-refractivity contribution in [2.24, 2.45) is 0 Å². The molecule has 1 aromatic rings. The Morgan fingerprint density at radius 1 is 1.25 bits per heavy atom. The van der Waals surface area contributed by atoms with Crippen LogP contribution in [0.2, 0.25) is 0 Å². The summed E-state index contributed by atoms with van der Waals surface area (Å²) < 4.78 is 38.8. The molecule has 0 aliphatic heterocycles. The van der Waals surface area contributed by atoms with Crippen LogP contribution < -0.4 is 0 Å². The Bertz CT molecular complexity index is 446. The lowest BCUT2D eigenvalue weighted by molar-refractivity contribution is 0.0976. The molecule has 4 heteroatoms. The van der Waals surface area contributed by atoms with Crippen molar-refractivity contribution in [2.45, 2.75) is 19.8 Å². The zero-order chi connectivity index (χ0) is 12.1. The number of rotatable bonds is 3. The van der Waals surface area contributed by atoms with Crippen molar-refractivity contribution in [1.82, 2.24) is 0 Å². The average Bonchev–Trinajstić information content (AvgIpc) is 2.16. The second kappa shape index (κ2) is 5.36. The Balaban J connectivity index is 2.94. The fourth-order valence-corrected chi connectivity index (χ4v) is 1.23. The minimum atomic E-state index is -1.17. The van der Waals surface area contributed by atoms with Gasteiger partial charge in [0.2, 0.25) is 0 Å². The van der Waals surface area contributed by atoms with Crippen LogP contribution in [0.25, 0.3) is 0 Å². The lowest BCUT2D eigenvalue weighted by Gasteiger charge is -2.02. The smallest absolute Gasteiger partial charge is 0.169 e. The lowest BCUT2D eigenvalue weighted by Crippen LogP contribution is -2.06. The van der Waals surface area contributed by atoms with Crippen molar-refractivity contribution >= 4 is 5.78 Å². The Kier molecular flexibility index (Phi) is 4.12. The third-order valence-electron chi connectivity index (χ3n) is 1.94. The van der Waals surface area contributed by atoms with Crippen LogP contribution in [0.4, 0.5) is 13.2 Å². The van der Waals surface area contributed by atoms with Gasteiger partial charge in [0.1, 0.15) is 17.5 Å². The fourth-order valence-electron chi connectivity index (χ4n) is 1.23.